The molecular formula is C19H22F3N5. The first kappa shape index (κ1) is 18.0. The first-order chi connectivity index (χ1) is 12.7. The lowest BCUT2D eigenvalue weighted by atomic mass is 10.1. The highest BCUT2D eigenvalue weighted by Gasteiger charge is 2.36. The Bertz CT molecular complexity index is 847. The molecule has 1 aromatic rings. The van der Waals surface area contributed by atoms with E-state index >= 15 is 0 Å². The Hall–Kier alpha value is -2.35. The number of rotatable bonds is 0. The number of hydrogen-bond donors (Lipinski definition) is 0. The minimum Gasteiger partial charge on any atom is -0.351 e. The molecule has 0 amide bonds. The number of likely N-dealkylation sites (N-methyl/N-ethyl adjacent to an activating group) is 1. The van der Waals surface area contributed by atoms with Crippen molar-refractivity contribution in [2.75, 3.05) is 38.1 Å². The summed E-state index contributed by atoms with van der Waals surface area (Å²) in [7, 11) is 2.08. The van der Waals surface area contributed by atoms with Gasteiger partial charge in [-0.3, -0.25) is 9.89 Å². The molecule has 1 unspecified atom stereocenters. The van der Waals surface area contributed by atoms with Crippen molar-refractivity contribution in [1.29, 1.82) is 0 Å². The summed E-state index contributed by atoms with van der Waals surface area (Å²) in [5.41, 5.74) is 1.28. The molecular weight excluding hydrogens is 355 g/mol. The van der Waals surface area contributed by atoms with E-state index in [1.54, 1.807) is 4.90 Å². The van der Waals surface area contributed by atoms with Crippen molar-refractivity contribution in [3.8, 4) is 0 Å². The zero-order valence-electron chi connectivity index (χ0n) is 15.6. The number of amidine groups is 2. The van der Waals surface area contributed by atoms with E-state index < -0.39 is 11.7 Å². The van der Waals surface area contributed by atoms with Crippen molar-refractivity contribution < 1.29 is 13.2 Å². The number of fused-ring (bicyclic) bond motifs is 3. The molecule has 5 nitrogen and oxygen atoms in total. The Kier molecular flexibility index (Phi) is 4.25. The van der Waals surface area contributed by atoms with E-state index in [0.29, 0.717) is 17.2 Å². The average molecular weight is 377 g/mol. The maximum absolute atomic E-state index is 13.2. The molecule has 27 heavy (non-hydrogen) atoms. The van der Waals surface area contributed by atoms with Crippen LogP contribution in [0.4, 0.5) is 24.5 Å². The highest BCUT2D eigenvalue weighted by Crippen LogP contribution is 2.40. The van der Waals surface area contributed by atoms with Crippen molar-refractivity contribution in [1.82, 2.24) is 9.80 Å². The van der Waals surface area contributed by atoms with Crippen LogP contribution >= 0.6 is 0 Å². The van der Waals surface area contributed by atoms with Gasteiger partial charge in [-0.25, -0.2) is 4.99 Å². The molecule has 1 saturated heterocycles. The highest BCUT2D eigenvalue weighted by atomic mass is 19.4. The first-order valence-electron chi connectivity index (χ1n) is 9.03. The quantitative estimate of drug-likeness (QED) is 0.694. The van der Waals surface area contributed by atoms with Crippen LogP contribution in [-0.2, 0) is 6.18 Å². The van der Waals surface area contributed by atoms with Crippen molar-refractivity contribution in [3.05, 3.63) is 35.5 Å². The van der Waals surface area contributed by atoms with Gasteiger partial charge in [-0.05, 0) is 44.7 Å². The zero-order chi connectivity index (χ0) is 19.3. The van der Waals surface area contributed by atoms with Gasteiger partial charge in [0.1, 0.15) is 0 Å². The number of alkyl halides is 3. The zero-order valence-corrected chi connectivity index (χ0v) is 15.6. The predicted octanol–water partition coefficient (Wildman–Crippen LogP) is 3.51. The van der Waals surface area contributed by atoms with E-state index in [4.69, 9.17) is 9.98 Å². The normalized spacial score (nSPS) is 23.3. The summed E-state index contributed by atoms with van der Waals surface area (Å²) in [6.07, 6.45) is -2.51. The van der Waals surface area contributed by atoms with Gasteiger partial charge in [0.05, 0.1) is 23.0 Å². The largest absolute Gasteiger partial charge is 0.416 e. The van der Waals surface area contributed by atoms with Gasteiger partial charge in [-0.1, -0.05) is 0 Å². The Morgan fingerprint density at radius 2 is 1.78 bits per heavy atom. The van der Waals surface area contributed by atoms with Crippen LogP contribution in [0, 0.1) is 0 Å². The lowest BCUT2D eigenvalue weighted by molar-refractivity contribution is -0.137. The van der Waals surface area contributed by atoms with Crippen LogP contribution in [0.15, 0.2) is 40.0 Å². The molecule has 8 heteroatoms. The fourth-order valence-corrected chi connectivity index (χ4v) is 3.45. The van der Waals surface area contributed by atoms with Crippen LogP contribution in [0.25, 0.3) is 0 Å². The van der Waals surface area contributed by atoms with Crippen LogP contribution in [0.3, 0.4) is 0 Å². The van der Waals surface area contributed by atoms with Gasteiger partial charge in [-0.2, -0.15) is 13.2 Å². The minimum absolute atomic E-state index is 0.0266. The Labute approximate surface area is 156 Å². The number of halogens is 3. The molecule has 1 fully saturated rings. The number of aliphatic imine (C=N–C) groups is 2. The molecule has 0 aliphatic carbocycles. The standard InChI is InChI=1S/C19H22F3N5/c1-12-11-27-16-10-14(19(20,21)22)4-5-15(16)24-17(18(27)23-13(12)2)26-8-6-25(3)7-9-26/h4-5,10-11,13H,6-9H2,1-3H3. The number of hydrogen-bond acceptors (Lipinski definition) is 5. The third kappa shape index (κ3) is 3.22. The summed E-state index contributed by atoms with van der Waals surface area (Å²) in [6, 6.07) is 3.68. The Balaban J connectivity index is 1.82. The van der Waals surface area contributed by atoms with E-state index in [1.807, 2.05) is 20.0 Å². The molecule has 0 bridgehead atoms. The lowest BCUT2D eigenvalue weighted by Gasteiger charge is -2.40. The van der Waals surface area contributed by atoms with Crippen LogP contribution < -0.4 is 4.90 Å². The molecule has 1 aromatic carbocycles. The van der Waals surface area contributed by atoms with Crippen LogP contribution in [-0.4, -0.2) is 60.7 Å². The molecule has 4 rings (SSSR count). The maximum Gasteiger partial charge on any atom is 0.416 e. The molecule has 144 valence electrons. The fourth-order valence-electron chi connectivity index (χ4n) is 3.45. The predicted molar refractivity (Wildman–Crippen MR) is 101 cm³/mol. The van der Waals surface area contributed by atoms with E-state index in [-0.39, 0.29) is 6.04 Å². The van der Waals surface area contributed by atoms with Crippen molar-refractivity contribution >= 4 is 23.0 Å². The van der Waals surface area contributed by atoms with Crippen molar-refractivity contribution in [2.24, 2.45) is 9.98 Å². The third-order valence-corrected chi connectivity index (χ3v) is 5.33. The van der Waals surface area contributed by atoms with Gasteiger partial charge in [0.25, 0.3) is 0 Å². The SMILES string of the molecule is CC1=CN2C(=NC1C)C(N1CCN(C)CC1)=Nc1ccc(C(F)(F)F)cc12. The number of anilines is 1. The second-order valence-corrected chi connectivity index (χ2v) is 7.30. The summed E-state index contributed by atoms with van der Waals surface area (Å²) in [5, 5.41) is 0. The van der Waals surface area contributed by atoms with Gasteiger partial charge < -0.3 is 9.80 Å². The molecule has 0 spiro atoms. The highest BCUT2D eigenvalue weighted by molar-refractivity contribution is 6.48. The van der Waals surface area contributed by atoms with Crippen molar-refractivity contribution in [2.45, 2.75) is 26.1 Å². The summed E-state index contributed by atoms with van der Waals surface area (Å²) < 4.78 is 39.6. The molecule has 3 aliphatic rings. The topological polar surface area (TPSA) is 34.4 Å². The summed E-state index contributed by atoms with van der Waals surface area (Å²) in [5.74, 6) is 1.37. The van der Waals surface area contributed by atoms with Gasteiger partial charge in [0.15, 0.2) is 11.7 Å². The summed E-state index contributed by atoms with van der Waals surface area (Å²) >= 11 is 0. The molecule has 0 saturated carbocycles. The van der Waals surface area contributed by atoms with Crippen LogP contribution in [0.1, 0.15) is 19.4 Å². The number of benzene rings is 1. The Morgan fingerprint density at radius 1 is 1.07 bits per heavy atom. The number of piperazine rings is 1. The van der Waals surface area contributed by atoms with Gasteiger partial charge in [0.2, 0.25) is 0 Å². The molecule has 0 radical (unpaired) electrons. The maximum atomic E-state index is 13.2. The van der Waals surface area contributed by atoms with Crippen molar-refractivity contribution in [3.63, 3.8) is 0 Å². The number of nitrogens with zero attached hydrogens (tertiary/aromatic N) is 5. The minimum atomic E-state index is -4.39. The van der Waals surface area contributed by atoms with E-state index in [1.165, 1.54) is 6.07 Å². The Morgan fingerprint density at radius 3 is 2.44 bits per heavy atom. The summed E-state index contributed by atoms with van der Waals surface area (Å²) in [4.78, 5) is 15.7. The molecule has 3 heterocycles. The fraction of sp³-hybridized carbons (Fsp3) is 0.474. The average Bonchev–Trinajstić information content (AvgIpc) is 2.62. The van der Waals surface area contributed by atoms with Gasteiger partial charge in [0, 0.05) is 32.4 Å². The smallest absolute Gasteiger partial charge is 0.351 e. The second-order valence-electron chi connectivity index (χ2n) is 7.30. The van der Waals surface area contributed by atoms with E-state index in [0.717, 1.165) is 49.7 Å². The van der Waals surface area contributed by atoms with Gasteiger partial charge >= 0.3 is 6.18 Å². The molecule has 3 aliphatic heterocycles. The summed E-state index contributed by atoms with van der Waals surface area (Å²) in [6.45, 7) is 7.39. The van der Waals surface area contributed by atoms with Crippen LogP contribution in [0.5, 0.6) is 0 Å². The second kappa shape index (κ2) is 6.37. The molecule has 0 aromatic heterocycles. The van der Waals surface area contributed by atoms with E-state index in [2.05, 4.69) is 16.8 Å². The monoisotopic (exact) mass is 377 g/mol. The third-order valence-electron chi connectivity index (χ3n) is 5.33. The molecule has 1 atom stereocenters. The van der Waals surface area contributed by atoms with Gasteiger partial charge in [-0.15, -0.1) is 0 Å². The first-order valence-corrected chi connectivity index (χ1v) is 9.03. The molecule has 0 N–H and O–H groups in total. The van der Waals surface area contributed by atoms with E-state index in [9.17, 15) is 13.2 Å². The lowest BCUT2D eigenvalue weighted by Crippen LogP contribution is -2.53. The van der Waals surface area contributed by atoms with Crippen LogP contribution in [0.2, 0.25) is 0 Å².